The molecule has 2 aromatic rings. The Morgan fingerprint density at radius 2 is 1.81 bits per heavy atom. The first-order valence-corrected chi connectivity index (χ1v) is 12.0. The fraction of sp³-hybridized carbons (Fsp3) is 0.409. The molecule has 1 aliphatic carbocycles. The zero-order valence-electron chi connectivity index (χ0n) is 17.6. The van der Waals surface area contributed by atoms with E-state index in [9.17, 15) is 17.2 Å². The van der Waals surface area contributed by atoms with Crippen molar-refractivity contribution in [3.05, 3.63) is 70.8 Å². The van der Waals surface area contributed by atoms with Gasteiger partial charge in [0.15, 0.2) is 15.8 Å². The first-order valence-electron chi connectivity index (χ1n) is 9.95. The minimum Gasteiger partial charge on any atom is -0.357 e. The number of rotatable bonds is 8. The molecule has 170 valence electrons. The molecule has 0 atom stereocenters. The smallest absolute Gasteiger partial charge is 0.191 e. The molecule has 0 bridgehead atoms. The fourth-order valence-corrected chi connectivity index (χ4v) is 4.35. The Morgan fingerprint density at radius 3 is 2.42 bits per heavy atom. The molecule has 0 radical (unpaired) electrons. The van der Waals surface area contributed by atoms with Gasteiger partial charge >= 0.3 is 0 Å². The highest BCUT2D eigenvalue weighted by Gasteiger charge is 2.45. The fourth-order valence-electron chi connectivity index (χ4n) is 3.51. The number of nitrogens with zero attached hydrogens (tertiary/aromatic N) is 1. The molecule has 0 aromatic heterocycles. The number of aliphatic imine (C=N–C) groups is 1. The van der Waals surface area contributed by atoms with E-state index in [1.54, 1.807) is 6.07 Å². The van der Waals surface area contributed by atoms with Crippen LogP contribution in [0.5, 0.6) is 0 Å². The number of halogens is 3. The van der Waals surface area contributed by atoms with Gasteiger partial charge in [0.1, 0.15) is 11.6 Å². The van der Waals surface area contributed by atoms with Gasteiger partial charge in [-0.25, -0.2) is 22.2 Å². The SMILES string of the molecule is CCNC(=NCc1cc(F)ccc1CS(C)(=O)=O)NCC1(c2ccccc2F)CC1.I. The van der Waals surface area contributed by atoms with Gasteiger partial charge in [0.2, 0.25) is 0 Å². The van der Waals surface area contributed by atoms with Gasteiger partial charge in [0.05, 0.1) is 12.3 Å². The van der Waals surface area contributed by atoms with Crippen LogP contribution in [0.1, 0.15) is 36.5 Å². The van der Waals surface area contributed by atoms with Crippen molar-refractivity contribution < 1.29 is 17.2 Å². The molecule has 5 nitrogen and oxygen atoms in total. The maximum Gasteiger partial charge on any atom is 0.191 e. The van der Waals surface area contributed by atoms with E-state index < -0.39 is 15.7 Å². The van der Waals surface area contributed by atoms with Gasteiger partial charge in [0.25, 0.3) is 0 Å². The molecule has 0 heterocycles. The highest BCUT2D eigenvalue weighted by molar-refractivity contribution is 14.0. The molecule has 0 amide bonds. The standard InChI is InChI=1S/C22H27F2N3O2S.HI/c1-3-25-21(27-15-22(10-11-22)19-6-4-5-7-20(19)24)26-13-17-12-18(23)9-8-16(17)14-30(2,28)29;/h4-9,12H,3,10-11,13-15H2,1-2H3,(H2,25,26,27);1H. The molecule has 1 saturated carbocycles. The van der Waals surface area contributed by atoms with Crippen LogP contribution in [0, 0.1) is 11.6 Å². The van der Waals surface area contributed by atoms with Crippen LogP contribution in [0.15, 0.2) is 47.5 Å². The highest BCUT2D eigenvalue weighted by atomic mass is 127. The van der Waals surface area contributed by atoms with E-state index >= 15 is 0 Å². The van der Waals surface area contributed by atoms with Gasteiger partial charge in [-0.15, -0.1) is 24.0 Å². The van der Waals surface area contributed by atoms with E-state index in [1.807, 2.05) is 19.1 Å². The van der Waals surface area contributed by atoms with Crippen molar-refractivity contribution in [2.75, 3.05) is 19.3 Å². The van der Waals surface area contributed by atoms with Crippen LogP contribution < -0.4 is 10.6 Å². The number of hydrogen-bond donors (Lipinski definition) is 2. The molecule has 0 saturated heterocycles. The first-order chi connectivity index (χ1) is 14.2. The molecule has 2 N–H and O–H groups in total. The third kappa shape index (κ3) is 7.13. The van der Waals surface area contributed by atoms with Crippen LogP contribution in [-0.4, -0.2) is 33.7 Å². The second-order valence-corrected chi connectivity index (χ2v) is 9.93. The van der Waals surface area contributed by atoms with Crippen molar-refractivity contribution in [3.63, 3.8) is 0 Å². The average Bonchev–Trinajstić information content (AvgIpc) is 3.46. The number of hydrogen-bond acceptors (Lipinski definition) is 3. The molecular weight excluding hydrogens is 535 g/mol. The third-order valence-electron chi connectivity index (χ3n) is 5.23. The normalized spacial score (nSPS) is 15.2. The van der Waals surface area contributed by atoms with Crippen molar-refractivity contribution in [2.24, 2.45) is 4.99 Å². The minimum atomic E-state index is -3.26. The van der Waals surface area contributed by atoms with Crippen molar-refractivity contribution in [1.29, 1.82) is 0 Å². The summed E-state index contributed by atoms with van der Waals surface area (Å²) in [5.41, 5.74) is 1.51. The first kappa shape index (κ1) is 25.5. The Morgan fingerprint density at radius 1 is 1.10 bits per heavy atom. The predicted octanol–water partition coefficient (Wildman–Crippen LogP) is 3.91. The molecule has 2 aromatic carbocycles. The van der Waals surface area contributed by atoms with Gasteiger partial charge in [0, 0.05) is 24.8 Å². The molecule has 31 heavy (non-hydrogen) atoms. The van der Waals surface area contributed by atoms with Crippen molar-refractivity contribution in [3.8, 4) is 0 Å². The lowest BCUT2D eigenvalue weighted by Crippen LogP contribution is -2.41. The second kappa shape index (κ2) is 10.7. The minimum absolute atomic E-state index is 0. The van der Waals surface area contributed by atoms with E-state index in [0.717, 1.165) is 19.1 Å². The van der Waals surface area contributed by atoms with E-state index in [4.69, 9.17) is 0 Å². The largest absolute Gasteiger partial charge is 0.357 e. The molecule has 9 heteroatoms. The lowest BCUT2D eigenvalue weighted by atomic mass is 9.95. The summed E-state index contributed by atoms with van der Waals surface area (Å²) in [4.78, 5) is 4.50. The maximum absolute atomic E-state index is 14.2. The lowest BCUT2D eigenvalue weighted by Gasteiger charge is -2.19. The van der Waals surface area contributed by atoms with Gasteiger partial charge < -0.3 is 10.6 Å². The predicted molar refractivity (Wildman–Crippen MR) is 130 cm³/mol. The maximum atomic E-state index is 14.2. The van der Waals surface area contributed by atoms with Crippen molar-refractivity contribution >= 4 is 39.8 Å². The van der Waals surface area contributed by atoms with E-state index in [1.165, 1.54) is 24.3 Å². The Hall–Kier alpha value is -1.75. The zero-order valence-corrected chi connectivity index (χ0v) is 20.8. The van der Waals surface area contributed by atoms with Gasteiger partial charge in [-0.1, -0.05) is 24.3 Å². The van der Waals surface area contributed by atoms with Crippen LogP contribution in [0.3, 0.4) is 0 Å². The molecule has 1 fully saturated rings. The van der Waals surface area contributed by atoms with E-state index in [0.29, 0.717) is 35.7 Å². The Balaban J connectivity index is 0.00000341. The Labute approximate surface area is 199 Å². The summed E-state index contributed by atoms with van der Waals surface area (Å²) < 4.78 is 51.3. The van der Waals surface area contributed by atoms with Crippen LogP contribution in [0.4, 0.5) is 8.78 Å². The monoisotopic (exact) mass is 563 g/mol. The summed E-state index contributed by atoms with van der Waals surface area (Å²) in [6, 6.07) is 10.9. The lowest BCUT2D eigenvalue weighted by molar-refractivity contribution is 0.559. The Kier molecular flexibility index (Phi) is 8.82. The van der Waals surface area contributed by atoms with Gasteiger partial charge in [-0.2, -0.15) is 0 Å². The number of nitrogens with one attached hydrogen (secondary N) is 2. The van der Waals surface area contributed by atoms with Gasteiger partial charge in [-0.05, 0) is 54.7 Å². The molecule has 3 rings (SSSR count). The third-order valence-corrected chi connectivity index (χ3v) is 6.07. The van der Waals surface area contributed by atoms with E-state index in [2.05, 4.69) is 15.6 Å². The summed E-state index contributed by atoms with van der Waals surface area (Å²) in [5.74, 6) is -0.288. The van der Waals surface area contributed by atoms with Crippen molar-refractivity contribution in [1.82, 2.24) is 10.6 Å². The molecule has 1 aliphatic rings. The van der Waals surface area contributed by atoms with Crippen molar-refractivity contribution in [2.45, 2.75) is 37.5 Å². The number of sulfone groups is 1. The van der Waals surface area contributed by atoms with Gasteiger partial charge in [-0.3, -0.25) is 0 Å². The topological polar surface area (TPSA) is 70.6 Å². The van der Waals surface area contributed by atoms with Crippen LogP contribution in [0.2, 0.25) is 0 Å². The highest BCUT2D eigenvalue weighted by Crippen LogP contribution is 2.48. The molecule has 0 spiro atoms. The molecule has 0 aliphatic heterocycles. The summed E-state index contributed by atoms with van der Waals surface area (Å²) in [6.07, 6.45) is 2.93. The average molecular weight is 563 g/mol. The molecular formula is C22H28F2IN3O2S. The summed E-state index contributed by atoms with van der Waals surface area (Å²) in [6.45, 7) is 3.21. The van der Waals surface area contributed by atoms with E-state index in [-0.39, 0.29) is 47.5 Å². The van der Waals surface area contributed by atoms with Crippen LogP contribution in [-0.2, 0) is 27.5 Å². The summed E-state index contributed by atoms with van der Waals surface area (Å²) >= 11 is 0. The molecule has 0 unspecified atom stereocenters. The quantitative estimate of drug-likeness (QED) is 0.291. The summed E-state index contributed by atoms with van der Waals surface area (Å²) in [7, 11) is -3.26. The number of guanidine groups is 1. The van der Waals surface area contributed by atoms with Crippen LogP contribution in [0.25, 0.3) is 0 Å². The second-order valence-electron chi connectivity index (χ2n) is 7.79. The van der Waals surface area contributed by atoms with Crippen LogP contribution >= 0.6 is 24.0 Å². The zero-order chi connectivity index (χ0) is 21.8. The Bertz CT molecular complexity index is 1040. The summed E-state index contributed by atoms with van der Waals surface area (Å²) in [5, 5.41) is 6.40. The number of benzene rings is 2.